The van der Waals surface area contributed by atoms with Crippen molar-refractivity contribution in [1.82, 2.24) is 0 Å². The number of carbonyl (C=O) groups excluding carboxylic acids is 1. The monoisotopic (exact) mass is 279 g/mol. The molecule has 0 spiro atoms. The highest BCUT2D eigenvalue weighted by Gasteiger charge is 2.62. The highest BCUT2D eigenvalue weighted by Crippen LogP contribution is 2.66. The molecule has 2 bridgehead atoms. The molecule has 19 heavy (non-hydrogen) atoms. The van der Waals surface area contributed by atoms with Crippen molar-refractivity contribution in [2.24, 2.45) is 16.7 Å². The molecule has 104 valence electrons. The summed E-state index contributed by atoms with van der Waals surface area (Å²) < 4.78 is 5.80. The second kappa shape index (κ2) is 3.98. The van der Waals surface area contributed by atoms with E-state index in [1.807, 2.05) is 5.38 Å². The average Bonchev–Trinajstić information content (AvgIpc) is 2.90. The number of ether oxygens (including phenoxy) is 1. The molecule has 0 amide bonds. The summed E-state index contributed by atoms with van der Waals surface area (Å²) in [5, 5.41) is 1.83. The first-order valence-electron chi connectivity index (χ1n) is 6.90. The Morgan fingerprint density at radius 3 is 2.68 bits per heavy atom. The van der Waals surface area contributed by atoms with Crippen LogP contribution in [0.25, 0.3) is 0 Å². The molecule has 1 heterocycles. The summed E-state index contributed by atoms with van der Waals surface area (Å²) in [6.07, 6.45) is 3.46. The fourth-order valence-electron chi connectivity index (χ4n) is 3.98. The summed E-state index contributed by atoms with van der Waals surface area (Å²) in [5.74, 6) is 0.429. The van der Waals surface area contributed by atoms with Crippen LogP contribution in [0.2, 0.25) is 0 Å². The zero-order valence-corrected chi connectivity index (χ0v) is 12.5. The number of thiophene rings is 1. The van der Waals surface area contributed by atoms with Crippen LogP contribution in [0.5, 0.6) is 0 Å². The molecule has 4 heteroatoms. The lowest BCUT2D eigenvalue weighted by atomic mass is 9.70. The summed E-state index contributed by atoms with van der Waals surface area (Å²) in [4.78, 5) is 12.8. The van der Waals surface area contributed by atoms with Crippen LogP contribution >= 0.6 is 11.3 Å². The lowest BCUT2D eigenvalue weighted by Gasteiger charge is -2.38. The van der Waals surface area contributed by atoms with Gasteiger partial charge in [-0.15, -0.1) is 11.3 Å². The van der Waals surface area contributed by atoms with Crippen molar-refractivity contribution in [1.29, 1.82) is 0 Å². The predicted molar refractivity (Wildman–Crippen MR) is 77.2 cm³/mol. The third-order valence-corrected chi connectivity index (χ3v) is 6.75. The topological polar surface area (TPSA) is 52.3 Å². The van der Waals surface area contributed by atoms with Crippen LogP contribution in [-0.2, 0) is 4.74 Å². The third-order valence-electron chi connectivity index (χ3n) is 5.84. The second-order valence-electron chi connectivity index (χ2n) is 6.71. The smallest absolute Gasteiger partial charge is 0.350 e. The van der Waals surface area contributed by atoms with Crippen LogP contribution in [0.1, 0.15) is 49.7 Å². The lowest BCUT2D eigenvalue weighted by Crippen LogP contribution is -2.38. The molecule has 1 aromatic rings. The summed E-state index contributed by atoms with van der Waals surface area (Å²) in [5.41, 5.74) is 6.69. The maximum absolute atomic E-state index is 12.2. The van der Waals surface area contributed by atoms with Gasteiger partial charge < -0.3 is 10.5 Å². The van der Waals surface area contributed by atoms with E-state index in [2.05, 4.69) is 20.8 Å². The summed E-state index contributed by atoms with van der Waals surface area (Å²) in [6, 6.07) is 1.76. The Hall–Kier alpha value is -1.03. The van der Waals surface area contributed by atoms with E-state index in [-0.39, 0.29) is 22.9 Å². The van der Waals surface area contributed by atoms with Crippen LogP contribution in [0.15, 0.2) is 11.4 Å². The van der Waals surface area contributed by atoms with E-state index in [4.69, 9.17) is 10.5 Å². The SMILES string of the molecule is CC1(C)C2CCC1(C)C(OC(=O)c1sccc1N)C2. The minimum atomic E-state index is -0.248. The Morgan fingerprint density at radius 2 is 2.21 bits per heavy atom. The first-order chi connectivity index (χ1) is 8.86. The van der Waals surface area contributed by atoms with E-state index in [1.165, 1.54) is 17.8 Å². The highest BCUT2D eigenvalue weighted by molar-refractivity contribution is 7.12. The van der Waals surface area contributed by atoms with Crippen molar-refractivity contribution in [2.75, 3.05) is 5.73 Å². The normalized spacial score (nSPS) is 35.5. The van der Waals surface area contributed by atoms with Crippen molar-refractivity contribution in [3.8, 4) is 0 Å². The minimum Gasteiger partial charge on any atom is -0.458 e. The highest BCUT2D eigenvalue weighted by atomic mass is 32.1. The van der Waals surface area contributed by atoms with Crippen molar-refractivity contribution >= 4 is 23.0 Å². The molecule has 3 nitrogen and oxygen atoms in total. The molecule has 3 unspecified atom stereocenters. The number of rotatable bonds is 2. The van der Waals surface area contributed by atoms with Crippen LogP contribution in [0, 0.1) is 16.7 Å². The van der Waals surface area contributed by atoms with Gasteiger partial charge >= 0.3 is 5.97 Å². The number of hydrogen-bond donors (Lipinski definition) is 1. The third kappa shape index (κ3) is 1.65. The summed E-state index contributed by atoms with van der Waals surface area (Å²) >= 11 is 1.36. The zero-order valence-electron chi connectivity index (χ0n) is 11.7. The molecule has 2 N–H and O–H groups in total. The molecule has 2 aliphatic rings. The predicted octanol–water partition coefficient (Wildman–Crippen LogP) is 3.70. The molecule has 0 aliphatic heterocycles. The second-order valence-corrected chi connectivity index (χ2v) is 7.63. The van der Waals surface area contributed by atoms with Gasteiger partial charge in [0.25, 0.3) is 0 Å². The Morgan fingerprint density at radius 1 is 1.47 bits per heavy atom. The van der Waals surface area contributed by atoms with Gasteiger partial charge in [-0.05, 0) is 42.0 Å². The molecule has 3 atom stereocenters. The standard InChI is InChI=1S/C15H21NO2S/c1-14(2)9-4-6-15(14,3)11(8-9)18-13(17)12-10(16)5-7-19-12/h5,7,9,11H,4,6,8,16H2,1-3H3. The molecule has 1 aromatic heterocycles. The van der Waals surface area contributed by atoms with Gasteiger partial charge in [-0.3, -0.25) is 0 Å². The number of nitrogen functional groups attached to an aromatic ring is 1. The van der Waals surface area contributed by atoms with E-state index in [0.29, 0.717) is 16.5 Å². The Kier molecular flexibility index (Phi) is 2.72. The molecule has 2 saturated carbocycles. The average molecular weight is 279 g/mol. The zero-order chi connectivity index (χ0) is 13.8. The maximum Gasteiger partial charge on any atom is 0.350 e. The van der Waals surface area contributed by atoms with Crippen LogP contribution in [0.4, 0.5) is 5.69 Å². The maximum atomic E-state index is 12.2. The number of nitrogens with two attached hydrogens (primary N) is 1. The lowest BCUT2D eigenvalue weighted by molar-refractivity contribution is -0.0237. The van der Waals surface area contributed by atoms with Crippen molar-refractivity contribution in [2.45, 2.75) is 46.1 Å². The van der Waals surface area contributed by atoms with Crippen LogP contribution in [0.3, 0.4) is 0 Å². The van der Waals surface area contributed by atoms with Crippen molar-refractivity contribution in [3.05, 3.63) is 16.3 Å². The van der Waals surface area contributed by atoms with Gasteiger partial charge in [0.05, 0.1) is 5.69 Å². The summed E-state index contributed by atoms with van der Waals surface area (Å²) in [7, 11) is 0. The van der Waals surface area contributed by atoms with E-state index in [0.717, 1.165) is 12.8 Å². The van der Waals surface area contributed by atoms with Gasteiger partial charge in [0.15, 0.2) is 0 Å². The van der Waals surface area contributed by atoms with Gasteiger partial charge in [0.1, 0.15) is 11.0 Å². The van der Waals surface area contributed by atoms with Crippen molar-refractivity contribution in [3.63, 3.8) is 0 Å². The number of fused-ring (bicyclic) bond motifs is 2. The fraction of sp³-hybridized carbons (Fsp3) is 0.667. The first-order valence-corrected chi connectivity index (χ1v) is 7.78. The molecule has 3 rings (SSSR count). The number of carbonyl (C=O) groups is 1. The van der Waals surface area contributed by atoms with Gasteiger partial charge in [-0.2, -0.15) is 0 Å². The van der Waals surface area contributed by atoms with Gasteiger partial charge in [0.2, 0.25) is 0 Å². The number of anilines is 1. The fourth-order valence-corrected chi connectivity index (χ4v) is 4.68. The van der Waals surface area contributed by atoms with Crippen LogP contribution < -0.4 is 5.73 Å². The molecule has 0 saturated heterocycles. The minimum absolute atomic E-state index is 0.0373. The largest absolute Gasteiger partial charge is 0.458 e. The Bertz CT molecular complexity index is 522. The van der Waals surface area contributed by atoms with E-state index in [1.54, 1.807) is 6.07 Å². The van der Waals surface area contributed by atoms with Crippen molar-refractivity contribution < 1.29 is 9.53 Å². The molecule has 0 aromatic carbocycles. The number of esters is 1. The molecular formula is C15H21NO2S. The Labute approximate surface area is 118 Å². The molecule has 2 fully saturated rings. The van der Waals surface area contributed by atoms with E-state index in [9.17, 15) is 4.79 Å². The molecule has 2 aliphatic carbocycles. The number of hydrogen-bond acceptors (Lipinski definition) is 4. The summed E-state index contributed by atoms with van der Waals surface area (Å²) in [6.45, 7) is 6.91. The Balaban J connectivity index is 1.79. The molecular weight excluding hydrogens is 258 g/mol. The van der Waals surface area contributed by atoms with Gasteiger partial charge in [-0.25, -0.2) is 4.79 Å². The van der Waals surface area contributed by atoms with E-state index < -0.39 is 0 Å². The molecule has 0 radical (unpaired) electrons. The first kappa shape index (κ1) is 13.0. The van der Waals surface area contributed by atoms with Gasteiger partial charge in [-0.1, -0.05) is 20.8 Å². The quantitative estimate of drug-likeness (QED) is 0.840. The van der Waals surface area contributed by atoms with Gasteiger partial charge in [0, 0.05) is 5.41 Å². The van der Waals surface area contributed by atoms with Crippen LogP contribution in [-0.4, -0.2) is 12.1 Å². The van der Waals surface area contributed by atoms with E-state index >= 15 is 0 Å².